The number of hydrogen-bond donors (Lipinski definition) is 1. The van der Waals surface area contributed by atoms with Gasteiger partial charge in [-0.15, -0.1) is 0 Å². The van der Waals surface area contributed by atoms with E-state index in [0.717, 1.165) is 25.7 Å². The summed E-state index contributed by atoms with van der Waals surface area (Å²) in [6.45, 7) is 3.41. The van der Waals surface area contributed by atoms with Gasteiger partial charge < -0.3 is 14.2 Å². The van der Waals surface area contributed by atoms with Crippen molar-refractivity contribution in [1.82, 2.24) is 15.1 Å². The maximum Gasteiger partial charge on any atom is 0.412 e. The molecule has 3 aromatic heterocycles. The summed E-state index contributed by atoms with van der Waals surface area (Å²) < 4.78 is 10.9. The van der Waals surface area contributed by atoms with Gasteiger partial charge in [-0.25, -0.2) is 9.78 Å². The van der Waals surface area contributed by atoms with E-state index in [1.54, 1.807) is 62.5 Å². The van der Waals surface area contributed by atoms with E-state index in [4.69, 9.17) is 20.9 Å². The number of nitrogens with zero attached hydrogens (tertiary/aromatic N) is 4. The number of rotatable bonds is 6. The quantitative estimate of drug-likeness (QED) is 0.419. The van der Waals surface area contributed by atoms with Crippen LogP contribution in [-0.4, -0.2) is 34.2 Å². The predicted molar refractivity (Wildman–Crippen MR) is 132 cm³/mol. The van der Waals surface area contributed by atoms with Crippen LogP contribution in [0.15, 0.2) is 41.2 Å². The van der Waals surface area contributed by atoms with Crippen molar-refractivity contribution in [3.63, 3.8) is 0 Å². The summed E-state index contributed by atoms with van der Waals surface area (Å²) in [5.41, 5.74) is 2.57. The van der Waals surface area contributed by atoms with Gasteiger partial charge in [0.15, 0.2) is 0 Å². The average molecular weight is 498 g/mol. The van der Waals surface area contributed by atoms with E-state index in [0.29, 0.717) is 34.1 Å². The molecule has 0 aliphatic heterocycles. The number of nitrogens with one attached hydrogen (secondary N) is 1. The SMILES string of the molecule is Cc1noc(-c2ccc(N(C)C(=O)C3CCCCC3)cn2)c1NC(=O)O[C@@H](C)c1cccnc1Cl. The van der Waals surface area contributed by atoms with Gasteiger partial charge in [-0.2, -0.15) is 0 Å². The van der Waals surface area contributed by atoms with Crippen LogP contribution < -0.4 is 10.2 Å². The first-order chi connectivity index (χ1) is 16.8. The number of halogens is 1. The second kappa shape index (κ2) is 10.9. The fraction of sp³-hybridized carbons (Fsp3) is 0.400. The van der Waals surface area contributed by atoms with E-state index in [1.807, 2.05) is 0 Å². The number of aryl methyl sites for hydroxylation is 1. The second-order valence-corrected chi connectivity index (χ2v) is 9.02. The van der Waals surface area contributed by atoms with Crippen LogP contribution in [0.1, 0.15) is 56.4 Å². The normalized spacial score (nSPS) is 14.9. The first-order valence-electron chi connectivity index (χ1n) is 11.6. The molecule has 3 aromatic rings. The van der Waals surface area contributed by atoms with Crippen LogP contribution in [0.3, 0.4) is 0 Å². The van der Waals surface area contributed by atoms with Crippen LogP contribution in [0.2, 0.25) is 5.15 Å². The Hall–Kier alpha value is -3.46. The molecule has 1 N–H and O–H groups in total. The highest BCUT2D eigenvalue weighted by Gasteiger charge is 2.26. The molecule has 0 radical (unpaired) electrons. The minimum absolute atomic E-state index is 0.0658. The van der Waals surface area contributed by atoms with E-state index >= 15 is 0 Å². The van der Waals surface area contributed by atoms with Crippen LogP contribution in [0.4, 0.5) is 16.2 Å². The number of aromatic nitrogens is 3. The van der Waals surface area contributed by atoms with Gasteiger partial charge in [0.1, 0.15) is 28.3 Å². The summed E-state index contributed by atoms with van der Waals surface area (Å²) in [6, 6.07) is 6.99. The third-order valence-corrected chi connectivity index (χ3v) is 6.57. The highest BCUT2D eigenvalue weighted by molar-refractivity contribution is 6.30. The molecule has 184 valence electrons. The Kier molecular flexibility index (Phi) is 7.65. The number of pyridine rings is 2. The topological polar surface area (TPSA) is 110 Å². The molecular formula is C25H28ClN5O4. The lowest BCUT2D eigenvalue weighted by Crippen LogP contribution is -2.34. The molecule has 0 bridgehead atoms. The lowest BCUT2D eigenvalue weighted by Gasteiger charge is -2.26. The molecule has 1 fully saturated rings. The minimum atomic E-state index is -0.695. The van der Waals surface area contributed by atoms with Gasteiger partial charge in [-0.1, -0.05) is 42.1 Å². The number of carbonyl (C=O) groups is 2. The lowest BCUT2D eigenvalue weighted by atomic mass is 9.88. The summed E-state index contributed by atoms with van der Waals surface area (Å²) in [4.78, 5) is 35.5. The molecule has 4 rings (SSSR count). The monoisotopic (exact) mass is 497 g/mol. The van der Waals surface area contributed by atoms with Crippen molar-refractivity contribution in [2.24, 2.45) is 5.92 Å². The van der Waals surface area contributed by atoms with E-state index in [2.05, 4.69) is 20.4 Å². The summed E-state index contributed by atoms with van der Waals surface area (Å²) in [7, 11) is 1.77. The zero-order chi connectivity index (χ0) is 24.9. The molecule has 3 heterocycles. The van der Waals surface area contributed by atoms with Crippen LogP contribution in [0.25, 0.3) is 11.5 Å². The molecule has 35 heavy (non-hydrogen) atoms. The Morgan fingerprint density at radius 3 is 2.66 bits per heavy atom. The van der Waals surface area contributed by atoms with Gasteiger partial charge >= 0.3 is 6.09 Å². The molecule has 0 spiro atoms. The molecule has 10 heteroatoms. The number of anilines is 2. The van der Waals surface area contributed by atoms with Crippen LogP contribution in [-0.2, 0) is 9.53 Å². The minimum Gasteiger partial charge on any atom is -0.441 e. The summed E-state index contributed by atoms with van der Waals surface area (Å²) in [5, 5.41) is 6.92. The number of ether oxygens (including phenoxy) is 1. The fourth-order valence-corrected chi connectivity index (χ4v) is 4.49. The summed E-state index contributed by atoms with van der Waals surface area (Å²) in [5.74, 6) is 0.470. The number of hydrogen-bond acceptors (Lipinski definition) is 7. The molecule has 9 nitrogen and oxygen atoms in total. The fourth-order valence-electron chi connectivity index (χ4n) is 4.22. The Morgan fingerprint density at radius 1 is 1.20 bits per heavy atom. The third kappa shape index (κ3) is 5.62. The largest absolute Gasteiger partial charge is 0.441 e. The third-order valence-electron chi connectivity index (χ3n) is 6.25. The van der Waals surface area contributed by atoms with E-state index in [-0.39, 0.29) is 17.0 Å². The van der Waals surface area contributed by atoms with Gasteiger partial charge in [0.25, 0.3) is 0 Å². The molecular weight excluding hydrogens is 470 g/mol. The van der Waals surface area contributed by atoms with Crippen molar-refractivity contribution in [3.05, 3.63) is 53.1 Å². The molecule has 0 aromatic carbocycles. The molecule has 1 aliphatic rings. The Morgan fingerprint density at radius 2 is 1.97 bits per heavy atom. The first kappa shape index (κ1) is 24.7. The standard InChI is InChI=1S/C25H28ClN5O4/c1-15-21(29-25(33)34-16(2)19-10-7-13-27-23(19)26)22(35-30-15)20-12-11-18(14-28-20)31(3)24(32)17-8-5-4-6-9-17/h7,10-14,16-17H,4-6,8-9H2,1-3H3,(H,29,33)/t16-/m0/s1. The van der Waals surface area contributed by atoms with Crippen LogP contribution in [0, 0.1) is 12.8 Å². The van der Waals surface area contributed by atoms with Gasteiger partial charge in [0.2, 0.25) is 11.7 Å². The number of carbonyl (C=O) groups excluding carboxylic acids is 2. The zero-order valence-corrected chi connectivity index (χ0v) is 20.7. The molecule has 0 unspecified atom stereocenters. The highest BCUT2D eigenvalue weighted by atomic mass is 35.5. The predicted octanol–water partition coefficient (Wildman–Crippen LogP) is 5.95. The van der Waals surface area contributed by atoms with Gasteiger partial charge in [-0.05, 0) is 44.9 Å². The highest BCUT2D eigenvalue weighted by Crippen LogP contribution is 2.32. The molecule has 1 aliphatic carbocycles. The van der Waals surface area contributed by atoms with Crippen LogP contribution >= 0.6 is 11.6 Å². The Bertz CT molecular complexity index is 1190. The van der Waals surface area contributed by atoms with Crippen molar-refractivity contribution in [2.75, 3.05) is 17.3 Å². The summed E-state index contributed by atoms with van der Waals surface area (Å²) in [6.07, 6.45) is 7.12. The lowest BCUT2D eigenvalue weighted by molar-refractivity contribution is -0.123. The summed E-state index contributed by atoms with van der Waals surface area (Å²) >= 11 is 6.09. The maximum atomic E-state index is 12.8. The number of amides is 2. The first-order valence-corrected chi connectivity index (χ1v) is 12.0. The van der Waals surface area contributed by atoms with Crippen molar-refractivity contribution in [1.29, 1.82) is 0 Å². The molecule has 1 saturated carbocycles. The van der Waals surface area contributed by atoms with Crippen LogP contribution in [0.5, 0.6) is 0 Å². The zero-order valence-electron chi connectivity index (χ0n) is 20.0. The molecule has 1 atom stereocenters. The smallest absolute Gasteiger partial charge is 0.412 e. The van der Waals surface area contributed by atoms with Gasteiger partial charge in [0.05, 0.1) is 11.9 Å². The molecule has 0 saturated heterocycles. The van der Waals surface area contributed by atoms with Crippen molar-refractivity contribution < 1.29 is 18.8 Å². The Labute approximate surface area is 208 Å². The van der Waals surface area contributed by atoms with Crippen molar-refractivity contribution in [2.45, 2.75) is 52.1 Å². The molecule has 2 amide bonds. The van der Waals surface area contributed by atoms with Gasteiger partial charge in [0, 0.05) is 24.7 Å². The second-order valence-electron chi connectivity index (χ2n) is 8.66. The van der Waals surface area contributed by atoms with E-state index in [9.17, 15) is 9.59 Å². The van der Waals surface area contributed by atoms with E-state index < -0.39 is 12.2 Å². The Balaban J connectivity index is 1.45. The maximum absolute atomic E-state index is 12.8. The van der Waals surface area contributed by atoms with E-state index in [1.165, 1.54) is 6.42 Å². The van der Waals surface area contributed by atoms with Crippen molar-refractivity contribution >= 4 is 35.0 Å². The van der Waals surface area contributed by atoms with Crippen molar-refractivity contribution in [3.8, 4) is 11.5 Å². The van der Waals surface area contributed by atoms with Gasteiger partial charge in [-0.3, -0.25) is 15.1 Å². The average Bonchev–Trinajstić information content (AvgIpc) is 3.23.